The van der Waals surface area contributed by atoms with Gasteiger partial charge in [-0.25, -0.2) is 5.84 Å². The molecule has 106 valence electrons. The molecule has 0 heterocycles. The van der Waals surface area contributed by atoms with E-state index in [-0.39, 0.29) is 17.9 Å². The van der Waals surface area contributed by atoms with E-state index in [2.05, 4.69) is 0 Å². The van der Waals surface area contributed by atoms with Gasteiger partial charge in [0.05, 0.1) is 23.2 Å². The molecule has 0 bridgehead atoms. The van der Waals surface area contributed by atoms with Gasteiger partial charge in [0.2, 0.25) is 6.10 Å². The van der Waals surface area contributed by atoms with Crippen LogP contribution in [0, 0.1) is 21.4 Å². The zero-order chi connectivity index (χ0) is 15.1. The lowest BCUT2D eigenvalue weighted by Crippen LogP contribution is -2.44. The number of nitriles is 1. The van der Waals surface area contributed by atoms with Crippen molar-refractivity contribution in [2.45, 2.75) is 6.10 Å². The Bertz CT molecular complexity index is 554. The Hall–Kier alpha value is -2.70. The number of nitrogens with two attached hydrogens (primary N) is 1. The minimum Gasteiger partial charge on any atom is -0.471 e. The summed E-state index contributed by atoms with van der Waals surface area (Å²) in [5.74, 6) is 4.15. The highest BCUT2D eigenvalue weighted by Crippen LogP contribution is 2.28. The maximum absolute atomic E-state index is 11.4. The van der Waals surface area contributed by atoms with E-state index < -0.39 is 22.6 Å². The largest absolute Gasteiger partial charge is 0.471 e. The number of hydrogen-bond acceptors (Lipinski definition) is 7. The Balaban J connectivity index is 3.09. The molecule has 1 atom stereocenters. The lowest BCUT2D eigenvalue weighted by Gasteiger charge is -2.16. The number of hydrogen-bond donors (Lipinski definition) is 2. The van der Waals surface area contributed by atoms with Crippen LogP contribution in [-0.4, -0.2) is 30.7 Å². The van der Waals surface area contributed by atoms with Crippen LogP contribution < -0.4 is 16.0 Å². The van der Waals surface area contributed by atoms with Crippen molar-refractivity contribution in [2.24, 2.45) is 5.84 Å². The average molecular weight is 280 g/mol. The predicted octanol–water partition coefficient (Wildman–Crippen LogP) is -0.150. The van der Waals surface area contributed by atoms with Crippen LogP contribution >= 0.6 is 0 Å². The normalized spacial score (nSPS) is 11.2. The number of nitrogens with zero attached hydrogens (tertiary/aromatic N) is 2. The van der Waals surface area contributed by atoms with Gasteiger partial charge in [0.15, 0.2) is 5.75 Å². The zero-order valence-corrected chi connectivity index (χ0v) is 10.5. The van der Waals surface area contributed by atoms with Gasteiger partial charge in [-0.3, -0.25) is 20.3 Å². The molecule has 0 spiro atoms. The molecule has 1 aromatic carbocycles. The van der Waals surface area contributed by atoms with Crippen LogP contribution in [-0.2, 0) is 9.53 Å². The number of nitro benzene ring substituents is 1. The van der Waals surface area contributed by atoms with Gasteiger partial charge < -0.3 is 9.47 Å². The first-order valence-corrected chi connectivity index (χ1v) is 5.38. The van der Waals surface area contributed by atoms with Crippen molar-refractivity contribution in [1.29, 1.82) is 5.26 Å². The Morgan fingerprint density at radius 1 is 1.65 bits per heavy atom. The number of carbonyl (C=O) groups is 1. The first kappa shape index (κ1) is 15.4. The topological polar surface area (TPSA) is 141 Å². The molecule has 1 aromatic rings. The number of hydrazine groups is 1. The van der Waals surface area contributed by atoms with Crippen molar-refractivity contribution in [1.82, 2.24) is 5.43 Å². The molecule has 0 saturated heterocycles. The van der Waals surface area contributed by atoms with Crippen molar-refractivity contribution < 1.29 is 19.2 Å². The standard InChI is InChI=1S/C11H12N4O5/c1-19-6-10(11(16)14-13)20-9-3-2-7(5-12)4-8(9)15(17)18/h2-4,10H,6,13H2,1H3,(H,14,16). The molecule has 0 aromatic heterocycles. The van der Waals surface area contributed by atoms with E-state index in [1.165, 1.54) is 19.2 Å². The Morgan fingerprint density at radius 3 is 2.85 bits per heavy atom. The highest BCUT2D eigenvalue weighted by Gasteiger charge is 2.24. The number of rotatable bonds is 6. The Morgan fingerprint density at radius 2 is 2.35 bits per heavy atom. The van der Waals surface area contributed by atoms with Crippen LogP contribution in [0.15, 0.2) is 18.2 Å². The fourth-order valence-electron chi connectivity index (χ4n) is 1.39. The monoisotopic (exact) mass is 280 g/mol. The van der Waals surface area contributed by atoms with Gasteiger partial charge in [0.25, 0.3) is 5.91 Å². The molecule has 3 N–H and O–H groups in total. The summed E-state index contributed by atoms with van der Waals surface area (Å²) in [6.07, 6.45) is -1.14. The molecule has 0 aliphatic rings. The second-order valence-corrected chi connectivity index (χ2v) is 3.62. The van der Waals surface area contributed by atoms with E-state index >= 15 is 0 Å². The van der Waals surface area contributed by atoms with E-state index in [9.17, 15) is 14.9 Å². The summed E-state index contributed by atoms with van der Waals surface area (Å²) in [4.78, 5) is 21.7. The van der Waals surface area contributed by atoms with Crippen molar-refractivity contribution in [3.63, 3.8) is 0 Å². The lowest BCUT2D eigenvalue weighted by atomic mass is 10.2. The summed E-state index contributed by atoms with van der Waals surface area (Å²) in [5, 5.41) is 19.6. The quantitative estimate of drug-likeness (QED) is 0.319. The number of amides is 1. The molecule has 1 rings (SSSR count). The van der Waals surface area contributed by atoms with Gasteiger partial charge in [0.1, 0.15) is 0 Å². The Kier molecular flexibility index (Phi) is 5.40. The SMILES string of the molecule is COCC(Oc1ccc(C#N)cc1[N+](=O)[O-])C(=O)NN. The summed E-state index contributed by atoms with van der Waals surface area (Å²) in [6, 6.07) is 5.41. The summed E-state index contributed by atoms with van der Waals surface area (Å²) in [5.41, 5.74) is 1.56. The van der Waals surface area contributed by atoms with E-state index in [1.807, 2.05) is 5.43 Å². The molecule has 0 saturated carbocycles. The molecule has 0 aliphatic carbocycles. The van der Waals surface area contributed by atoms with E-state index in [0.29, 0.717) is 0 Å². The van der Waals surface area contributed by atoms with Gasteiger partial charge in [-0.05, 0) is 12.1 Å². The molecule has 9 heteroatoms. The molecule has 0 radical (unpaired) electrons. The highest BCUT2D eigenvalue weighted by atomic mass is 16.6. The maximum Gasteiger partial charge on any atom is 0.312 e. The second-order valence-electron chi connectivity index (χ2n) is 3.62. The minimum atomic E-state index is -1.14. The molecule has 1 amide bonds. The van der Waals surface area contributed by atoms with Gasteiger partial charge in [-0.1, -0.05) is 0 Å². The van der Waals surface area contributed by atoms with Crippen LogP contribution in [0.3, 0.4) is 0 Å². The third-order valence-corrected chi connectivity index (χ3v) is 2.31. The van der Waals surface area contributed by atoms with E-state index in [1.54, 1.807) is 6.07 Å². The summed E-state index contributed by atoms with van der Waals surface area (Å²) >= 11 is 0. The average Bonchev–Trinajstić information content (AvgIpc) is 2.46. The van der Waals surface area contributed by atoms with Crippen molar-refractivity contribution >= 4 is 11.6 Å². The van der Waals surface area contributed by atoms with Crippen molar-refractivity contribution in [3.8, 4) is 11.8 Å². The van der Waals surface area contributed by atoms with Crippen molar-refractivity contribution in [2.75, 3.05) is 13.7 Å². The molecular formula is C11H12N4O5. The third kappa shape index (κ3) is 3.64. The van der Waals surface area contributed by atoms with Crippen molar-refractivity contribution in [3.05, 3.63) is 33.9 Å². The number of benzene rings is 1. The molecule has 0 fully saturated rings. The highest BCUT2D eigenvalue weighted by molar-refractivity contribution is 5.80. The lowest BCUT2D eigenvalue weighted by molar-refractivity contribution is -0.386. The van der Waals surface area contributed by atoms with Crippen LogP contribution in [0.2, 0.25) is 0 Å². The fraction of sp³-hybridized carbons (Fsp3) is 0.273. The smallest absolute Gasteiger partial charge is 0.312 e. The minimum absolute atomic E-state index is 0.107. The summed E-state index contributed by atoms with van der Waals surface area (Å²) in [6.45, 7) is -0.139. The first-order chi connectivity index (χ1) is 9.53. The van der Waals surface area contributed by atoms with Crippen LogP contribution in [0.5, 0.6) is 5.75 Å². The molecule has 20 heavy (non-hydrogen) atoms. The fourth-order valence-corrected chi connectivity index (χ4v) is 1.39. The van der Waals surface area contributed by atoms with Crippen LogP contribution in [0.25, 0.3) is 0 Å². The molecule has 1 unspecified atom stereocenters. The molecular weight excluding hydrogens is 268 g/mol. The Labute approximate surface area is 114 Å². The first-order valence-electron chi connectivity index (χ1n) is 5.38. The summed E-state index contributed by atoms with van der Waals surface area (Å²) in [7, 11) is 1.34. The second kappa shape index (κ2) is 7.03. The number of nitrogens with one attached hydrogen (secondary N) is 1. The number of nitro groups is 1. The van der Waals surface area contributed by atoms with E-state index in [4.69, 9.17) is 20.6 Å². The molecule has 0 aliphatic heterocycles. The molecule has 9 nitrogen and oxygen atoms in total. The predicted molar refractivity (Wildman–Crippen MR) is 66.4 cm³/mol. The summed E-state index contributed by atoms with van der Waals surface area (Å²) < 4.78 is 10.0. The van der Waals surface area contributed by atoms with Gasteiger partial charge in [-0.15, -0.1) is 0 Å². The van der Waals surface area contributed by atoms with Crippen LogP contribution in [0.1, 0.15) is 5.56 Å². The third-order valence-electron chi connectivity index (χ3n) is 2.31. The van der Waals surface area contributed by atoms with Gasteiger partial charge in [0, 0.05) is 13.2 Å². The number of carbonyl (C=O) groups excluding carboxylic acids is 1. The number of ether oxygens (including phenoxy) is 2. The van der Waals surface area contributed by atoms with Gasteiger partial charge >= 0.3 is 5.69 Å². The number of methoxy groups -OCH3 is 1. The van der Waals surface area contributed by atoms with Crippen LogP contribution in [0.4, 0.5) is 5.69 Å². The van der Waals surface area contributed by atoms with Gasteiger partial charge in [-0.2, -0.15) is 5.26 Å². The zero-order valence-electron chi connectivity index (χ0n) is 10.5. The van der Waals surface area contributed by atoms with E-state index in [0.717, 1.165) is 6.07 Å². The maximum atomic E-state index is 11.4.